The van der Waals surface area contributed by atoms with E-state index in [4.69, 9.17) is 4.42 Å². The van der Waals surface area contributed by atoms with E-state index in [2.05, 4.69) is 10.2 Å². The molecule has 2 aromatic rings. The molecule has 2 aromatic heterocycles. The van der Waals surface area contributed by atoms with Gasteiger partial charge in [-0.15, -0.1) is 5.10 Å². The van der Waals surface area contributed by atoms with Crippen LogP contribution in [0.15, 0.2) is 21.6 Å². The summed E-state index contributed by atoms with van der Waals surface area (Å²) >= 11 is 1.74. The molecule has 6 nitrogen and oxygen atoms in total. The molecule has 2 heterocycles. The lowest BCUT2D eigenvalue weighted by atomic mass is 10.4. The lowest BCUT2D eigenvalue weighted by Crippen LogP contribution is -2.17. The fraction of sp³-hybridized carbons (Fsp3) is 0.500. The highest BCUT2D eigenvalue weighted by Crippen LogP contribution is 2.10. The van der Waals surface area contributed by atoms with Crippen LogP contribution in [0, 0.1) is 6.92 Å². The number of hydrogen-bond acceptors (Lipinski definition) is 5. The van der Waals surface area contributed by atoms with Crippen molar-refractivity contribution in [3.05, 3.63) is 34.4 Å². The summed E-state index contributed by atoms with van der Waals surface area (Å²) in [5.74, 6) is 1.73. The maximum atomic E-state index is 11.2. The van der Waals surface area contributed by atoms with Gasteiger partial charge in [-0.3, -0.25) is 4.68 Å². The van der Waals surface area contributed by atoms with Gasteiger partial charge in [0.15, 0.2) is 0 Å². The van der Waals surface area contributed by atoms with Crippen LogP contribution in [0.3, 0.4) is 0 Å². The summed E-state index contributed by atoms with van der Waals surface area (Å²) in [6, 6.07) is 0. The molecule has 0 atom stereocenters. The Bertz CT molecular complexity index is 542. The molecule has 0 aliphatic heterocycles. The largest absolute Gasteiger partial charge is 0.437 e. The van der Waals surface area contributed by atoms with E-state index < -0.39 is 0 Å². The van der Waals surface area contributed by atoms with Crippen LogP contribution in [-0.4, -0.2) is 25.3 Å². The fourth-order valence-electron chi connectivity index (χ4n) is 1.44. The van der Waals surface area contributed by atoms with Crippen molar-refractivity contribution in [1.82, 2.24) is 19.6 Å². The Balaban J connectivity index is 1.77. The molecule has 0 bridgehead atoms. The monoisotopic (exact) mass is 254 g/mol. The van der Waals surface area contributed by atoms with E-state index in [9.17, 15) is 4.79 Å². The Kier molecular flexibility index (Phi) is 3.68. The molecule has 0 amide bonds. The minimum absolute atomic E-state index is 0.385. The zero-order valence-electron chi connectivity index (χ0n) is 9.79. The summed E-state index contributed by atoms with van der Waals surface area (Å²) < 4.78 is 7.94. The van der Waals surface area contributed by atoms with Crippen molar-refractivity contribution in [3.63, 3.8) is 0 Å². The summed E-state index contributed by atoms with van der Waals surface area (Å²) in [5.41, 5.74) is 1.18. The number of thioether (sulfide) groups is 1. The molecule has 0 spiro atoms. The van der Waals surface area contributed by atoms with Crippen molar-refractivity contribution in [2.45, 2.75) is 19.2 Å². The average molecular weight is 254 g/mol. The molecule has 0 unspecified atom stereocenters. The fourth-order valence-corrected chi connectivity index (χ4v) is 2.27. The molecule has 17 heavy (non-hydrogen) atoms. The Morgan fingerprint density at radius 2 is 2.35 bits per heavy atom. The summed E-state index contributed by atoms with van der Waals surface area (Å²) in [7, 11) is 1.89. The van der Waals surface area contributed by atoms with Gasteiger partial charge in [0.2, 0.25) is 5.89 Å². The first-order chi connectivity index (χ1) is 8.15. The van der Waals surface area contributed by atoms with E-state index in [0.29, 0.717) is 12.4 Å². The van der Waals surface area contributed by atoms with Crippen molar-refractivity contribution in [2.24, 2.45) is 7.05 Å². The molecule has 92 valence electrons. The quantitative estimate of drug-likeness (QED) is 0.739. The Hall–Kier alpha value is -1.50. The topological polar surface area (TPSA) is 65.8 Å². The van der Waals surface area contributed by atoms with Gasteiger partial charge in [0.25, 0.3) is 0 Å². The smallest absolute Gasteiger partial charge is 0.393 e. The summed E-state index contributed by atoms with van der Waals surface area (Å²) in [4.78, 5) is 11.2. The average Bonchev–Trinajstić information content (AvgIpc) is 2.81. The van der Waals surface area contributed by atoms with Gasteiger partial charge in [-0.1, -0.05) is 0 Å². The van der Waals surface area contributed by atoms with Crippen LogP contribution in [-0.2, 0) is 19.3 Å². The number of aryl methyl sites for hydroxylation is 3. The zero-order valence-corrected chi connectivity index (χ0v) is 10.6. The summed E-state index contributed by atoms with van der Waals surface area (Å²) in [5, 5.41) is 8.06. The van der Waals surface area contributed by atoms with E-state index in [1.807, 2.05) is 19.4 Å². The molecule has 0 aliphatic carbocycles. The van der Waals surface area contributed by atoms with Crippen LogP contribution in [0.25, 0.3) is 0 Å². The third-order valence-corrected chi connectivity index (χ3v) is 3.19. The van der Waals surface area contributed by atoms with Gasteiger partial charge in [-0.05, 0) is 5.56 Å². The van der Waals surface area contributed by atoms with Gasteiger partial charge in [0.05, 0.1) is 12.7 Å². The van der Waals surface area contributed by atoms with Crippen LogP contribution in [0.5, 0.6) is 0 Å². The van der Waals surface area contributed by atoms with E-state index in [1.165, 1.54) is 10.2 Å². The number of nitrogens with zero attached hydrogens (tertiary/aromatic N) is 4. The van der Waals surface area contributed by atoms with Crippen LogP contribution in [0.4, 0.5) is 0 Å². The molecular weight excluding hydrogens is 240 g/mol. The maximum absolute atomic E-state index is 11.2. The molecule has 0 saturated carbocycles. The predicted octanol–water partition coefficient (Wildman–Crippen LogP) is 0.812. The van der Waals surface area contributed by atoms with E-state index in [0.717, 1.165) is 11.5 Å². The lowest BCUT2D eigenvalue weighted by molar-refractivity contribution is 0.464. The second-order valence-electron chi connectivity index (χ2n) is 3.68. The van der Waals surface area contributed by atoms with Gasteiger partial charge in [0, 0.05) is 31.7 Å². The predicted molar refractivity (Wildman–Crippen MR) is 64.9 cm³/mol. The van der Waals surface area contributed by atoms with E-state index >= 15 is 0 Å². The molecule has 0 fully saturated rings. The van der Waals surface area contributed by atoms with Gasteiger partial charge in [-0.2, -0.15) is 21.5 Å². The highest BCUT2D eigenvalue weighted by atomic mass is 32.2. The number of hydrogen-bond donors (Lipinski definition) is 0. The molecule has 0 N–H and O–H groups in total. The minimum atomic E-state index is -0.385. The lowest BCUT2D eigenvalue weighted by Gasteiger charge is -1.98. The normalized spacial score (nSPS) is 10.9. The Morgan fingerprint density at radius 1 is 1.53 bits per heavy atom. The third-order valence-electron chi connectivity index (χ3n) is 2.18. The molecule has 0 radical (unpaired) electrons. The molecule has 7 heteroatoms. The van der Waals surface area contributed by atoms with Crippen molar-refractivity contribution in [1.29, 1.82) is 0 Å². The summed E-state index contributed by atoms with van der Waals surface area (Å²) in [6.45, 7) is 2.24. The zero-order chi connectivity index (χ0) is 12.3. The van der Waals surface area contributed by atoms with Crippen LogP contribution >= 0.6 is 11.8 Å². The first-order valence-electron chi connectivity index (χ1n) is 5.25. The van der Waals surface area contributed by atoms with Crippen molar-refractivity contribution < 1.29 is 4.42 Å². The SMILES string of the molecule is Cc1nn(CCSCc2cnn(C)c2)c(=O)o1. The highest BCUT2D eigenvalue weighted by Gasteiger charge is 2.03. The molecule has 0 saturated heterocycles. The van der Waals surface area contributed by atoms with Gasteiger partial charge in [-0.25, -0.2) is 4.79 Å². The molecular formula is C10H14N4O2S. The van der Waals surface area contributed by atoms with Gasteiger partial charge in [0.1, 0.15) is 0 Å². The second kappa shape index (κ2) is 5.22. The van der Waals surface area contributed by atoms with Crippen LogP contribution in [0.1, 0.15) is 11.5 Å². The first-order valence-corrected chi connectivity index (χ1v) is 6.40. The Labute approximate surface area is 103 Å². The van der Waals surface area contributed by atoms with Crippen LogP contribution in [0.2, 0.25) is 0 Å². The minimum Gasteiger partial charge on any atom is -0.393 e. The first kappa shape index (κ1) is 12.0. The standard InChI is InChI=1S/C10H14N4O2S/c1-8-12-14(10(15)16-8)3-4-17-7-9-5-11-13(2)6-9/h5-6H,3-4,7H2,1-2H3. The van der Waals surface area contributed by atoms with Gasteiger partial charge < -0.3 is 4.42 Å². The maximum Gasteiger partial charge on any atom is 0.437 e. The van der Waals surface area contributed by atoms with Crippen molar-refractivity contribution >= 4 is 11.8 Å². The molecule has 2 rings (SSSR count). The number of aromatic nitrogens is 4. The highest BCUT2D eigenvalue weighted by molar-refractivity contribution is 7.98. The van der Waals surface area contributed by atoms with Crippen molar-refractivity contribution in [3.8, 4) is 0 Å². The third kappa shape index (κ3) is 3.23. The van der Waals surface area contributed by atoms with E-state index in [-0.39, 0.29) is 5.76 Å². The van der Waals surface area contributed by atoms with E-state index in [1.54, 1.807) is 23.4 Å². The molecule has 0 aromatic carbocycles. The second-order valence-corrected chi connectivity index (χ2v) is 4.79. The Morgan fingerprint density at radius 3 is 2.94 bits per heavy atom. The van der Waals surface area contributed by atoms with Crippen molar-refractivity contribution in [2.75, 3.05) is 5.75 Å². The summed E-state index contributed by atoms with van der Waals surface area (Å²) in [6.07, 6.45) is 3.83. The van der Waals surface area contributed by atoms with Gasteiger partial charge >= 0.3 is 5.76 Å². The van der Waals surface area contributed by atoms with Crippen LogP contribution < -0.4 is 5.76 Å². The molecule has 0 aliphatic rings. The number of rotatable bonds is 5.